The Hall–Kier alpha value is -2.57. The summed E-state index contributed by atoms with van der Waals surface area (Å²) in [6, 6.07) is 7.21. The Labute approximate surface area is 104 Å². The number of aromatic nitrogens is 3. The van der Waals surface area contributed by atoms with Crippen molar-refractivity contribution in [2.75, 3.05) is 17.7 Å². The summed E-state index contributed by atoms with van der Waals surface area (Å²) in [4.78, 5) is 15.5. The Morgan fingerprint density at radius 1 is 1.28 bits per heavy atom. The van der Waals surface area contributed by atoms with E-state index in [0.717, 1.165) is 5.56 Å². The summed E-state index contributed by atoms with van der Waals surface area (Å²) in [7, 11) is 1.44. The minimum Gasteiger partial charge on any atom is -0.466 e. The highest BCUT2D eigenvalue weighted by molar-refractivity contribution is 5.98. The topological polar surface area (TPSA) is 91.9 Å². The molecule has 0 fully saturated rings. The number of benzene rings is 1. The van der Waals surface area contributed by atoms with Crippen LogP contribution in [0.15, 0.2) is 24.3 Å². The fourth-order valence-electron chi connectivity index (χ4n) is 1.30. The Balaban J connectivity index is 1.94. The first-order valence-corrected chi connectivity index (χ1v) is 5.28. The minimum atomic E-state index is -0.405. The number of anilines is 2. The molecular weight excluding hydrogens is 234 g/mol. The fourth-order valence-corrected chi connectivity index (χ4v) is 1.30. The molecule has 0 unspecified atom stereocenters. The highest BCUT2D eigenvalue weighted by atomic mass is 16.5. The number of nitrogens with one attached hydrogen (secondary N) is 3. The molecule has 7 heteroatoms. The summed E-state index contributed by atoms with van der Waals surface area (Å²) in [5, 5.41) is 11.4. The second-order valence-electron chi connectivity index (χ2n) is 3.62. The second kappa shape index (κ2) is 5.17. The fraction of sp³-hybridized carbons (Fsp3) is 0.182. The van der Waals surface area contributed by atoms with Crippen molar-refractivity contribution in [2.45, 2.75) is 6.92 Å². The van der Waals surface area contributed by atoms with Gasteiger partial charge in [-0.25, -0.2) is 9.89 Å². The highest BCUT2D eigenvalue weighted by Gasteiger charge is 2.07. The maximum Gasteiger partial charge on any atom is 0.336 e. The van der Waals surface area contributed by atoms with Crippen LogP contribution in [0.3, 0.4) is 0 Å². The van der Waals surface area contributed by atoms with Crippen LogP contribution in [0.25, 0.3) is 0 Å². The molecule has 0 atom stereocenters. The number of H-pyrrole nitrogens is 1. The van der Waals surface area contributed by atoms with Crippen LogP contribution in [0.1, 0.15) is 5.56 Å². The molecule has 2 aromatic rings. The molecule has 1 aromatic carbocycles. The number of hydrogen-bond donors (Lipinski definition) is 3. The van der Waals surface area contributed by atoms with E-state index in [0.29, 0.717) is 5.69 Å². The van der Waals surface area contributed by atoms with Gasteiger partial charge in [0.1, 0.15) is 0 Å². The van der Waals surface area contributed by atoms with Crippen molar-refractivity contribution in [3.05, 3.63) is 29.8 Å². The molecule has 2 amide bonds. The maximum absolute atomic E-state index is 11.6. The lowest BCUT2D eigenvalue weighted by Crippen LogP contribution is -2.20. The van der Waals surface area contributed by atoms with Gasteiger partial charge in [-0.3, -0.25) is 5.32 Å². The van der Waals surface area contributed by atoms with Crippen LogP contribution in [-0.2, 0) is 0 Å². The second-order valence-corrected chi connectivity index (χ2v) is 3.62. The molecule has 94 valence electrons. The zero-order chi connectivity index (χ0) is 13.0. The summed E-state index contributed by atoms with van der Waals surface area (Å²) < 4.78 is 4.78. The number of hydrogen-bond acceptors (Lipinski definition) is 4. The van der Waals surface area contributed by atoms with E-state index >= 15 is 0 Å². The van der Waals surface area contributed by atoms with Crippen LogP contribution in [0.2, 0.25) is 0 Å². The molecule has 0 radical (unpaired) electrons. The quantitative estimate of drug-likeness (QED) is 0.770. The van der Waals surface area contributed by atoms with E-state index in [-0.39, 0.29) is 12.0 Å². The van der Waals surface area contributed by atoms with Crippen molar-refractivity contribution in [2.24, 2.45) is 0 Å². The van der Waals surface area contributed by atoms with Crippen LogP contribution in [0.5, 0.6) is 6.01 Å². The number of carbonyl (C=O) groups excluding carboxylic acids is 1. The number of methoxy groups -OCH3 is 1. The van der Waals surface area contributed by atoms with Crippen LogP contribution < -0.4 is 15.4 Å². The van der Waals surface area contributed by atoms with E-state index in [2.05, 4.69) is 25.8 Å². The number of aromatic amines is 1. The van der Waals surface area contributed by atoms with Gasteiger partial charge in [0.25, 0.3) is 0 Å². The van der Waals surface area contributed by atoms with E-state index in [4.69, 9.17) is 4.74 Å². The predicted octanol–water partition coefficient (Wildman–Crippen LogP) is 1.77. The van der Waals surface area contributed by atoms with E-state index in [1.165, 1.54) is 7.11 Å². The van der Waals surface area contributed by atoms with Crippen LogP contribution in [-0.4, -0.2) is 28.3 Å². The smallest absolute Gasteiger partial charge is 0.336 e. The molecule has 0 spiro atoms. The average molecular weight is 247 g/mol. The molecular formula is C11H13N5O2. The van der Waals surface area contributed by atoms with Crippen molar-refractivity contribution in [1.82, 2.24) is 15.2 Å². The standard InChI is InChI=1S/C11H13N5O2/c1-7-3-5-8(6-4-7)12-10(17)13-9-14-11(18-2)16-15-9/h3-6H,1-2H3,(H3,12,13,14,15,16,17). The van der Waals surface area contributed by atoms with Crippen molar-refractivity contribution < 1.29 is 9.53 Å². The van der Waals surface area contributed by atoms with Gasteiger partial charge in [0.15, 0.2) is 0 Å². The summed E-state index contributed by atoms with van der Waals surface area (Å²) in [5.74, 6) is 0.219. The Kier molecular flexibility index (Phi) is 3.42. The summed E-state index contributed by atoms with van der Waals surface area (Å²) in [6.07, 6.45) is 0. The summed E-state index contributed by atoms with van der Waals surface area (Å²) >= 11 is 0. The molecule has 7 nitrogen and oxygen atoms in total. The molecule has 0 saturated carbocycles. The third-order valence-electron chi connectivity index (χ3n) is 2.19. The normalized spacial score (nSPS) is 9.89. The van der Waals surface area contributed by atoms with Gasteiger partial charge < -0.3 is 10.1 Å². The Bertz CT molecular complexity index is 535. The monoisotopic (exact) mass is 247 g/mol. The summed E-state index contributed by atoms with van der Waals surface area (Å²) in [6.45, 7) is 1.98. The Morgan fingerprint density at radius 2 is 2.00 bits per heavy atom. The first-order chi connectivity index (χ1) is 8.67. The van der Waals surface area contributed by atoms with Gasteiger partial charge in [0.2, 0.25) is 5.95 Å². The van der Waals surface area contributed by atoms with Crippen molar-refractivity contribution in [3.63, 3.8) is 0 Å². The first-order valence-electron chi connectivity index (χ1n) is 5.28. The van der Waals surface area contributed by atoms with Gasteiger partial charge in [0, 0.05) is 5.69 Å². The van der Waals surface area contributed by atoms with E-state index < -0.39 is 6.03 Å². The van der Waals surface area contributed by atoms with Gasteiger partial charge in [-0.2, -0.15) is 4.98 Å². The lowest BCUT2D eigenvalue weighted by atomic mass is 10.2. The van der Waals surface area contributed by atoms with Gasteiger partial charge in [-0.1, -0.05) is 17.7 Å². The number of aryl methyl sites for hydroxylation is 1. The molecule has 0 saturated heterocycles. The SMILES string of the molecule is COc1n[nH]c(NC(=O)Nc2ccc(C)cc2)n1. The number of amides is 2. The number of carbonyl (C=O) groups is 1. The molecule has 18 heavy (non-hydrogen) atoms. The molecule has 1 aromatic heterocycles. The molecule has 3 N–H and O–H groups in total. The third-order valence-corrected chi connectivity index (χ3v) is 2.19. The molecule has 0 aliphatic rings. The van der Waals surface area contributed by atoms with Gasteiger partial charge in [-0.15, -0.1) is 5.10 Å². The lowest BCUT2D eigenvalue weighted by molar-refractivity contribution is 0.262. The third kappa shape index (κ3) is 2.97. The molecule has 1 heterocycles. The Morgan fingerprint density at radius 3 is 2.61 bits per heavy atom. The molecule has 2 rings (SSSR count). The first kappa shape index (κ1) is 11.9. The highest BCUT2D eigenvalue weighted by Crippen LogP contribution is 2.09. The van der Waals surface area contributed by atoms with Crippen LogP contribution in [0.4, 0.5) is 16.4 Å². The number of rotatable bonds is 3. The predicted molar refractivity (Wildman–Crippen MR) is 66.8 cm³/mol. The van der Waals surface area contributed by atoms with Crippen LogP contribution >= 0.6 is 0 Å². The van der Waals surface area contributed by atoms with E-state index in [1.807, 2.05) is 31.2 Å². The summed E-state index contributed by atoms with van der Waals surface area (Å²) in [5.41, 5.74) is 1.82. The van der Waals surface area contributed by atoms with E-state index in [9.17, 15) is 4.79 Å². The number of nitrogens with zero attached hydrogens (tertiary/aromatic N) is 2. The number of ether oxygens (including phenoxy) is 1. The average Bonchev–Trinajstić information content (AvgIpc) is 2.79. The zero-order valence-electron chi connectivity index (χ0n) is 10.0. The minimum absolute atomic E-state index is 0.167. The lowest BCUT2D eigenvalue weighted by Gasteiger charge is -2.05. The van der Waals surface area contributed by atoms with Gasteiger partial charge >= 0.3 is 12.0 Å². The molecule has 0 bridgehead atoms. The van der Waals surface area contributed by atoms with Crippen molar-refractivity contribution in [3.8, 4) is 6.01 Å². The van der Waals surface area contributed by atoms with Gasteiger partial charge in [0.05, 0.1) is 7.11 Å². The zero-order valence-corrected chi connectivity index (χ0v) is 10.0. The van der Waals surface area contributed by atoms with E-state index in [1.54, 1.807) is 0 Å². The molecule has 0 aliphatic carbocycles. The largest absolute Gasteiger partial charge is 0.466 e. The van der Waals surface area contributed by atoms with Crippen molar-refractivity contribution in [1.29, 1.82) is 0 Å². The number of urea groups is 1. The molecule has 0 aliphatic heterocycles. The van der Waals surface area contributed by atoms with Crippen LogP contribution in [0, 0.1) is 6.92 Å². The maximum atomic E-state index is 11.6. The van der Waals surface area contributed by atoms with Gasteiger partial charge in [-0.05, 0) is 19.1 Å². The van der Waals surface area contributed by atoms with Crippen molar-refractivity contribution >= 4 is 17.7 Å².